The van der Waals surface area contributed by atoms with Crippen molar-refractivity contribution in [2.75, 3.05) is 21.3 Å². The number of aryl methyl sites for hydroxylation is 4. The summed E-state index contributed by atoms with van der Waals surface area (Å²) in [5.74, 6) is -3.86. The predicted molar refractivity (Wildman–Crippen MR) is 302 cm³/mol. The van der Waals surface area contributed by atoms with Crippen molar-refractivity contribution in [3.05, 3.63) is 153 Å². The molecular weight excluding hydrogens is 1360 g/mol. The Labute approximate surface area is 498 Å². The zero-order chi connectivity index (χ0) is 63.1. The van der Waals surface area contributed by atoms with Gasteiger partial charge in [0, 0.05) is 26.7 Å². The first-order valence-electron chi connectivity index (χ1n) is 20.4. The van der Waals surface area contributed by atoms with Crippen molar-refractivity contribution < 1.29 is 95.0 Å². The maximum absolute atomic E-state index is 11.3. The number of rotatable bonds is 10. The van der Waals surface area contributed by atoms with E-state index in [2.05, 4.69) is 40.8 Å². The van der Waals surface area contributed by atoms with E-state index in [0.29, 0.717) is 33.1 Å². The molecule has 0 amide bonds. The molecule has 0 unspecified atom stereocenters. The largest absolute Gasteiger partial charge is 0.478 e. The van der Waals surface area contributed by atoms with Gasteiger partial charge in [-0.15, -0.1) is 0 Å². The number of hydrogen-bond donors (Lipinski definition) is 6. The summed E-state index contributed by atoms with van der Waals surface area (Å²) in [7, 11) is -6.59. The minimum Gasteiger partial charge on any atom is -0.478 e. The fourth-order valence-electron chi connectivity index (χ4n) is 5.17. The second-order valence-corrected chi connectivity index (χ2v) is 27.9. The summed E-state index contributed by atoms with van der Waals surface area (Å²) in [4.78, 5) is 53.9. The van der Waals surface area contributed by atoms with E-state index in [-0.39, 0.29) is 47.8 Å². The molecule has 444 valence electrons. The summed E-state index contributed by atoms with van der Waals surface area (Å²) in [6.07, 6.45) is 0. The number of alkyl halides is 5. The average molecular weight is 1410 g/mol. The van der Waals surface area contributed by atoms with Crippen molar-refractivity contribution >= 4 is 162 Å². The lowest BCUT2D eigenvalue weighted by molar-refractivity contribution is 0.0591. The van der Waals surface area contributed by atoms with Crippen LogP contribution in [0.5, 0.6) is 0 Å². The van der Waals surface area contributed by atoms with Gasteiger partial charge in [0.15, 0.2) is 0 Å². The van der Waals surface area contributed by atoms with E-state index in [1.807, 2.05) is 19.1 Å². The van der Waals surface area contributed by atoms with E-state index in [9.17, 15) is 57.6 Å². The number of carbonyl (C=O) groups is 5. The van der Waals surface area contributed by atoms with Crippen molar-refractivity contribution in [1.29, 1.82) is 0 Å². The molecule has 0 radical (unpaired) electrons. The number of sulfonamides is 3. The average Bonchev–Trinajstić information content (AvgIpc) is 3.32. The van der Waals surface area contributed by atoms with Crippen molar-refractivity contribution in [3.8, 4) is 0 Å². The molecule has 24 nitrogen and oxygen atoms in total. The number of ether oxygens (including phenoxy) is 3. The third-order valence-electron chi connectivity index (χ3n) is 8.77. The van der Waals surface area contributed by atoms with Crippen molar-refractivity contribution in [2.45, 2.75) is 55.9 Å². The van der Waals surface area contributed by atoms with Crippen LogP contribution in [0.25, 0.3) is 0 Å². The summed E-state index contributed by atoms with van der Waals surface area (Å²) in [6.45, 7) is 6.66. The summed E-state index contributed by atoms with van der Waals surface area (Å²) >= 11 is 22.4. The van der Waals surface area contributed by atoms with Gasteiger partial charge in [-0.05, 0) is 111 Å². The molecule has 5 aromatic carbocycles. The number of esters is 3. The fourth-order valence-corrected chi connectivity index (χ4v) is 9.48. The highest BCUT2D eigenvalue weighted by Crippen LogP contribution is 2.30. The molecule has 0 aliphatic rings. The molecule has 0 aromatic heterocycles. The third-order valence-corrected chi connectivity index (χ3v) is 13.9. The maximum atomic E-state index is 11.3. The minimum absolute atomic E-state index is 0.0644. The SMILES string of the molecule is COC(=O)c1ccc(C)c(S(N)(=O)=O)c1.COC(=O)c1ccc(C)cc1.COC(=O)c1ccc(CBr)c(S(N)(=O)=O)c1.Cc1ccc(C(=O)O)cc1S(=O)(=O)Cl.Cc1ccc(C(=O)O)cc1S(N)(=O)=O.ClC(Cl)(Cl)Cl.O=S(=O)(O)Cl. The zero-order valence-corrected chi connectivity index (χ0v) is 52.3. The normalized spacial score (nSPS) is 11.0. The Hall–Kier alpha value is -4.74. The summed E-state index contributed by atoms with van der Waals surface area (Å²) in [6, 6.07) is 23.2. The molecular formula is C44H48BrCl6N3O21S5. The lowest BCUT2D eigenvalue weighted by Crippen LogP contribution is -2.15. The Morgan fingerprint density at radius 1 is 0.475 bits per heavy atom. The number of hydrogen-bond acceptors (Lipinski definition) is 18. The molecule has 0 heterocycles. The Kier molecular flexibility index (Phi) is 32.9. The van der Waals surface area contributed by atoms with Gasteiger partial charge >= 0.3 is 39.2 Å². The first-order valence-corrected chi connectivity index (χ1v) is 32.2. The highest BCUT2D eigenvalue weighted by molar-refractivity contribution is 9.08. The Morgan fingerprint density at radius 3 is 1.01 bits per heavy atom. The smallest absolute Gasteiger partial charge is 0.353 e. The summed E-state index contributed by atoms with van der Waals surface area (Å²) in [5.41, 5.74) is 3.68. The van der Waals surface area contributed by atoms with Crippen molar-refractivity contribution in [1.82, 2.24) is 0 Å². The Balaban J connectivity index is 0. The van der Waals surface area contributed by atoms with Crippen LogP contribution in [-0.2, 0) is 68.0 Å². The Bertz CT molecular complexity index is 3490. The van der Waals surface area contributed by atoms with Crippen LogP contribution >= 0.6 is 83.7 Å². The zero-order valence-electron chi connectivity index (χ0n) is 42.1. The standard InChI is InChI=1S/C9H10BrNO4S.C9H11NO4S.C9H10O2.C8H7ClO4S.C8H9NO4S.CCl4.ClHO3S/c1-15-9(12)6-2-3-7(5-10)8(4-6)16(11,13)14;1-6-3-4-7(9(11)14-2)5-8(6)15(10,12)13;1-7-3-5-8(6-4-7)9(10)11-2;2*1-5-2-3-6(8(10)11)4-7(5)14(9,12)13;2-1(3,4)5;1-5(2,3)4/h2-4H,5H2,1H3,(H2,11,13,14);3-5H,1-2H3,(H2,10,12,13);3-6H,1-2H3;2-4H,1H3,(H,10,11);2-4H,1H3,(H,10,11)(H2,9,12,13);;(H,2,3,4). The van der Waals surface area contributed by atoms with E-state index in [1.165, 1.54) is 82.0 Å². The van der Waals surface area contributed by atoms with E-state index in [1.54, 1.807) is 32.9 Å². The van der Waals surface area contributed by atoms with Gasteiger partial charge in [-0.3, -0.25) is 4.55 Å². The van der Waals surface area contributed by atoms with Gasteiger partial charge in [-0.2, -0.15) is 8.42 Å². The van der Waals surface area contributed by atoms with E-state index < -0.39 is 75.6 Å². The number of halogens is 7. The molecule has 36 heteroatoms. The van der Waals surface area contributed by atoms with Crippen LogP contribution in [0.1, 0.15) is 79.6 Å². The summed E-state index contributed by atoms with van der Waals surface area (Å²) < 4.78 is 126. The molecule has 80 heavy (non-hydrogen) atoms. The van der Waals surface area contributed by atoms with Gasteiger partial charge in [0.25, 0.3) is 12.3 Å². The lowest BCUT2D eigenvalue weighted by atomic mass is 10.1. The predicted octanol–water partition coefficient (Wildman–Crippen LogP) is 7.77. The fraction of sp³-hybridized carbons (Fsp3) is 0.205. The molecule has 0 aliphatic carbocycles. The van der Waals surface area contributed by atoms with Crippen LogP contribution in [0.15, 0.2) is 117 Å². The first kappa shape index (κ1) is 77.3. The molecule has 0 saturated heterocycles. The number of methoxy groups -OCH3 is 3. The van der Waals surface area contributed by atoms with E-state index in [0.717, 1.165) is 17.7 Å². The Morgan fingerprint density at radius 2 is 0.725 bits per heavy atom. The quantitative estimate of drug-likeness (QED) is 0.0255. The molecule has 0 saturated carbocycles. The molecule has 5 aromatic rings. The first-order chi connectivity index (χ1) is 36.1. The van der Waals surface area contributed by atoms with E-state index >= 15 is 0 Å². The van der Waals surface area contributed by atoms with E-state index in [4.69, 9.17) is 95.7 Å². The number of aromatic carboxylic acids is 2. The van der Waals surface area contributed by atoms with Crippen LogP contribution < -0.4 is 15.4 Å². The number of carboxylic acids is 2. The number of primary sulfonamides is 3. The maximum Gasteiger partial charge on any atom is 0.353 e. The number of benzene rings is 5. The second kappa shape index (κ2) is 34.0. The molecule has 0 spiro atoms. The second-order valence-electron chi connectivity index (χ2n) is 14.8. The summed E-state index contributed by atoms with van der Waals surface area (Å²) in [5, 5.41) is 32.5. The van der Waals surface area contributed by atoms with Gasteiger partial charge < -0.3 is 24.4 Å². The molecule has 0 bridgehead atoms. The number of carboxylic acid groups (broad SMARTS) is 2. The van der Waals surface area contributed by atoms with Gasteiger partial charge in [0.05, 0.1) is 68.7 Å². The molecule has 0 aliphatic heterocycles. The molecule has 0 fully saturated rings. The van der Waals surface area contributed by atoms with Gasteiger partial charge in [-0.25, -0.2) is 73.1 Å². The highest BCUT2D eigenvalue weighted by atomic mass is 79.9. The van der Waals surface area contributed by atoms with Gasteiger partial charge in [-0.1, -0.05) is 104 Å². The van der Waals surface area contributed by atoms with Crippen LogP contribution in [0.2, 0.25) is 0 Å². The number of nitrogens with two attached hydrogens (primary N) is 3. The van der Waals surface area contributed by atoms with Crippen molar-refractivity contribution in [2.24, 2.45) is 15.4 Å². The highest BCUT2D eigenvalue weighted by Gasteiger charge is 2.19. The number of carbonyl (C=O) groups excluding carboxylic acids is 3. The van der Waals surface area contributed by atoms with Crippen molar-refractivity contribution in [3.63, 3.8) is 0 Å². The van der Waals surface area contributed by atoms with Crippen LogP contribution in [0.3, 0.4) is 0 Å². The third kappa shape index (κ3) is 32.0. The monoisotopic (exact) mass is 1400 g/mol. The minimum atomic E-state index is -4.19. The molecule has 5 rings (SSSR count). The van der Waals surface area contributed by atoms with Crippen LogP contribution in [0, 0.1) is 27.7 Å². The topological polar surface area (TPSA) is 422 Å². The van der Waals surface area contributed by atoms with Crippen LogP contribution in [0.4, 0.5) is 0 Å². The van der Waals surface area contributed by atoms with Gasteiger partial charge in [0.2, 0.25) is 30.1 Å². The van der Waals surface area contributed by atoms with Crippen LogP contribution in [-0.4, -0.2) is 111 Å². The molecule has 9 N–H and O–H groups in total. The molecule has 0 atom stereocenters. The van der Waals surface area contributed by atoms with Gasteiger partial charge in [0.1, 0.15) is 0 Å². The lowest BCUT2D eigenvalue weighted by Gasteiger charge is -2.06.